The largest absolute Gasteiger partial charge is 0.354 e. The minimum absolute atomic E-state index is 0.156. The van der Waals surface area contributed by atoms with Crippen LogP contribution in [0.3, 0.4) is 0 Å². The maximum absolute atomic E-state index is 13.5. The maximum Gasteiger partial charge on any atom is 0.304 e. The van der Waals surface area contributed by atoms with Crippen molar-refractivity contribution in [2.75, 3.05) is 31.5 Å². The van der Waals surface area contributed by atoms with E-state index < -0.39 is 28.7 Å². The van der Waals surface area contributed by atoms with Gasteiger partial charge >= 0.3 is 10.2 Å². The number of amides is 2. The van der Waals surface area contributed by atoms with Crippen molar-refractivity contribution in [1.29, 1.82) is 0 Å². The number of halogens is 1. The number of hydrogen-bond donors (Lipinski definition) is 1. The Labute approximate surface area is 204 Å². The van der Waals surface area contributed by atoms with Crippen molar-refractivity contribution < 1.29 is 18.0 Å². The highest BCUT2D eigenvalue weighted by molar-refractivity contribution is 9.10. The molecule has 0 saturated carbocycles. The summed E-state index contributed by atoms with van der Waals surface area (Å²) in [6.07, 6.45) is 0.765. The van der Waals surface area contributed by atoms with Gasteiger partial charge in [0.1, 0.15) is 12.6 Å². The standard InChI is InChI=1S/C23H31BrN4O4S/c1-5-14-25-23(30)18(2)27(16-19-10-9-11-20(24)15-19)22(29)17-28(33(31,32)26(3)4)21-12-7-6-8-13-21/h6-13,15,18H,5,14,16-17H2,1-4H3,(H,25,30)/t18-/m1/s1. The van der Waals surface area contributed by atoms with Crippen molar-refractivity contribution in [2.45, 2.75) is 32.9 Å². The molecule has 0 aliphatic rings. The van der Waals surface area contributed by atoms with E-state index in [9.17, 15) is 18.0 Å². The number of nitrogens with one attached hydrogen (secondary N) is 1. The lowest BCUT2D eigenvalue weighted by atomic mass is 10.1. The number of anilines is 1. The lowest BCUT2D eigenvalue weighted by Crippen LogP contribution is -2.52. The third-order valence-electron chi connectivity index (χ3n) is 5.02. The first-order valence-corrected chi connectivity index (χ1v) is 12.8. The number of para-hydroxylation sites is 1. The molecule has 0 fully saturated rings. The molecule has 0 aliphatic heterocycles. The highest BCUT2D eigenvalue weighted by Gasteiger charge is 2.32. The van der Waals surface area contributed by atoms with Gasteiger partial charge in [-0.05, 0) is 43.2 Å². The first-order chi connectivity index (χ1) is 15.6. The molecule has 0 aliphatic carbocycles. The van der Waals surface area contributed by atoms with Crippen LogP contribution in [0.2, 0.25) is 0 Å². The van der Waals surface area contributed by atoms with E-state index in [2.05, 4.69) is 21.2 Å². The molecule has 0 unspecified atom stereocenters. The van der Waals surface area contributed by atoms with Gasteiger partial charge in [0, 0.05) is 31.7 Å². The fourth-order valence-corrected chi connectivity index (χ4v) is 4.62. The Kier molecular flexibility index (Phi) is 9.87. The minimum atomic E-state index is -3.95. The molecule has 2 rings (SSSR count). The normalized spacial score (nSPS) is 12.3. The molecule has 180 valence electrons. The van der Waals surface area contributed by atoms with E-state index >= 15 is 0 Å². The van der Waals surface area contributed by atoms with Gasteiger partial charge in [-0.1, -0.05) is 53.2 Å². The van der Waals surface area contributed by atoms with Crippen LogP contribution in [-0.4, -0.2) is 62.7 Å². The fraction of sp³-hybridized carbons (Fsp3) is 0.391. The van der Waals surface area contributed by atoms with E-state index in [4.69, 9.17) is 0 Å². The van der Waals surface area contributed by atoms with Gasteiger partial charge in [-0.2, -0.15) is 12.7 Å². The molecular formula is C23H31BrN4O4S. The molecule has 8 nitrogen and oxygen atoms in total. The van der Waals surface area contributed by atoms with Crippen molar-refractivity contribution in [3.05, 3.63) is 64.6 Å². The van der Waals surface area contributed by atoms with E-state index in [1.807, 2.05) is 31.2 Å². The zero-order valence-electron chi connectivity index (χ0n) is 19.4. The Morgan fingerprint density at radius 1 is 1.06 bits per heavy atom. The van der Waals surface area contributed by atoms with Gasteiger partial charge in [0.25, 0.3) is 0 Å². The van der Waals surface area contributed by atoms with E-state index in [0.717, 1.165) is 25.1 Å². The van der Waals surface area contributed by atoms with Crippen molar-refractivity contribution in [3.63, 3.8) is 0 Å². The van der Waals surface area contributed by atoms with Crippen LogP contribution in [0, 0.1) is 0 Å². The summed E-state index contributed by atoms with van der Waals surface area (Å²) in [6, 6.07) is 15.1. The fourth-order valence-electron chi connectivity index (χ4n) is 3.12. The molecule has 33 heavy (non-hydrogen) atoms. The first-order valence-electron chi connectivity index (χ1n) is 10.6. The Morgan fingerprint density at radius 2 is 1.73 bits per heavy atom. The average Bonchev–Trinajstić information content (AvgIpc) is 2.79. The highest BCUT2D eigenvalue weighted by atomic mass is 79.9. The number of carbonyl (C=O) groups excluding carboxylic acids is 2. The topological polar surface area (TPSA) is 90.0 Å². The summed E-state index contributed by atoms with van der Waals surface area (Å²) < 4.78 is 29.0. The summed E-state index contributed by atoms with van der Waals surface area (Å²) in [5.41, 5.74) is 1.18. The zero-order valence-corrected chi connectivity index (χ0v) is 21.8. The number of hydrogen-bond acceptors (Lipinski definition) is 4. The number of carbonyl (C=O) groups is 2. The Balaban J connectivity index is 2.40. The van der Waals surface area contributed by atoms with Crippen LogP contribution in [0.15, 0.2) is 59.1 Å². The van der Waals surface area contributed by atoms with Gasteiger partial charge in [-0.25, -0.2) is 4.31 Å². The maximum atomic E-state index is 13.5. The van der Waals surface area contributed by atoms with Gasteiger partial charge < -0.3 is 10.2 Å². The quantitative estimate of drug-likeness (QED) is 0.476. The van der Waals surface area contributed by atoms with Gasteiger partial charge in [0.2, 0.25) is 11.8 Å². The smallest absolute Gasteiger partial charge is 0.304 e. The summed E-state index contributed by atoms with van der Waals surface area (Å²) in [5.74, 6) is -0.773. The van der Waals surface area contributed by atoms with Crippen molar-refractivity contribution in [2.24, 2.45) is 0 Å². The molecule has 0 saturated heterocycles. The Hall–Kier alpha value is -2.43. The Bertz CT molecular complexity index is 1050. The molecule has 2 amide bonds. The second kappa shape index (κ2) is 12.2. The third kappa shape index (κ3) is 7.28. The van der Waals surface area contributed by atoms with Crippen LogP contribution in [-0.2, 0) is 26.3 Å². The molecule has 0 radical (unpaired) electrons. The van der Waals surface area contributed by atoms with E-state index in [0.29, 0.717) is 12.2 Å². The number of rotatable bonds is 11. The zero-order chi connectivity index (χ0) is 24.6. The molecular weight excluding hydrogens is 508 g/mol. The van der Waals surface area contributed by atoms with E-state index in [1.165, 1.54) is 19.0 Å². The SMILES string of the molecule is CCCNC(=O)[C@@H](C)N(Cc1cccc(Br)c1)C(=O)CN(c1ccccc1)S(=O)(=O)N(C)C. The van der Waals surface area contributed by atoms with Crippen molar-refractivity contribution >= 4 is 43.6 Å². The van der Waals surface area contributed by atoms with Gasteiger partial charge in [-0.3, -0.25) is 9.59 Å². The lowest BCUT2D eigenvalue weighted by molar-refractivity contribution is -0.139. The molecule has 0 spiro atoms. The van der Waals surface area contributed by atoms with Crippen LogP contribution in [0.5, 0.6) is 0 Å². The van der Waals surface area contributed by atoms with Crippen LogP contribution in [0.1, 0.15) is 25.8 Å². The van der Waals surface area contributed by atoms with Crippen molar-refractivity contribution in [1.82, 2.24) is 14.5 Å². The molecule has 1 N–H and O–H groups in total. The second-order valence-electron chi connectivity index (χ2n) is 7.75. The molecule has 2 aromatic rings. The van der Waals surface area contributed by atoms with Crippen LogP contribution < -0.4 is 9.62 Å². The molecule has 1 atom stereocenters. The summed E-state index contributed by atoms with van der Waals surface area (Å²) in [4.78, 5) is 27.6. The third-order valence-corrected chi connectivity index (χ3v) is 7.33. The van der Waals surface area contributed by atoms with Crippen LogP contribution >= 0.6 is 15.9 Å². The summed E-state index contributed by atoms with van der Waals surface area (Å²) >= 11 is 3.43. The molecule has 0 aromatic heterocycles. The second-order valence-corrected chi connectivity index (χ2v) is 10.7. The summed E-state index contributed by atoms with van der Waals surface area (Å²) in [7, 11) is -1.12. The van der Waals surface area contributed by atoms with Gasteiger partial charge in [-0.15, -0.1) is 0 Å². The molecule has 10 heteroatoms. The van der Waals surface area contributed by atoms with Gasteiger partial charge in [0.05, 0.1) is 5.69 Å². The van der Waals surface area contributed by atoms with E-state index in [-0.39, 0.29) is 12.5 Å². The van der Waals surface area contributed by atoms with Crippen LogP contribution in [0.25, 0.3) is 0 Å². The lowest BCUT2D eigenvalue weighted by Gasteiger charge is -2.32. The van der Waals surface area contributed by atoms with E-state index in [1.54, 1.807) is 37.3 Å². The van der Waals surface area contributed by atoms with Crippen LogP contribution in [0.4, 0.5) is 5.69 Å². The molecule has 0 bridgehead atoms. The Morgan fingerprint density at radius 3 is 2.30 bits per heavy atom. The predicted octanol–water partition coefficient (Wildman–Crippen LogP) is 3.01. The number of benzene rings is 2. The molecule has 0 heterocycles. The number of nitrogens with zero attached hydrogens (tertiary/aromatic N) is 3. The summed E-state index contributed by atoms with van der Waals surface area (Å²) in [5, 5.41) is 2.82. The summed E-state index contributed by atoms with van der Waals surface area (Å²) in [6.45, 7) is 3.80. The highest BCUT2D eigenvalue weighted by Crippen LogP contribution is 2.21. The van der Waals surface area contributed by atoms with Gasteiger partial charge in [0.15, 0.2) is 0 Å². The first kappa shape index (κ1) is 26.8. The minimum Gasteiger partial charge on any atom is -0.354 e. The molecule has 2 aromatic carbocycles. The van der Waals surface area contributed by atoms with Crippen molar-refractivity contribution in [3.8, 4) is 0 Å². The monoisotopic (exact) mass is 538 g/mol. The predicted molar refractivity (Wildman–Crippen MR) is 134 cm³/mol. The average molecular weight is 539 g/mol.